The maximum Gasteiger partial charge on any atom is 0.472 e. The summed E-state index contributed by atoms with van der Waals surface area (Å²) in [6.45, 7) is 3.62. The Kier molecular flexibility index (Phi) is 48.9. The van der Waals surface area contributed by atoms with Crippen molar-refractivity contribution in [1.82, 2.24) is 0 Å². The molecular formula is C55H98NO8P. The fourth-order valence-electron chi connectivity index (χ4n) is 7.19. The van der Waals surface area contributed by atoms with Crippen molar-refractivity contribution in [3.8, 4) is 0 Å². The molecule has 0 aliphatic carbocycles. The van der Waals surface area contributed by atoms with Crippen LogP contribution in [0.15, 0.2) is 72.9 Å². The molecular weight excluding hydrogens is 834 g/mol. The standard InChI is InChI=1S/C55H98NO8P/c1-3-5-7-9-11-13-15-17-19-21-23-25-26-28-29-31-33-35-37-39-41-43-45-47-54(57)61-51-53(52-63-65(59,60)62-50-49-56)64-55(58)48-46-44-42-40-38-36-34-32-30-27-24-22-20-18-16-14-12-10-8-6-4-2/h6,8,12,14-15,17-18,20-21,23-24,27,53H,3-5,7,9-11,13,16,19,22,25-26,28-52,56H2,1-2H3,(H,59,60)/b8-6-,14-12-,17-15-,20-18-,23-21-,27-24-. The first kappa shape index (κ1) is 62.4. The molecule has 376 valence electrons. The van der Waals surface area contributed by atoms with Gasteiger partial charge in [0.05, 0.1) is 13.2 Å². The minimum absolute atomic E-state index is 0.0488. The van der Waals surface area contributed by atoms with Gasteiger partial charge >= 0.3 is 19.8 Å². The van der Waals surface area contributed by atoms with Crippen molar-refractivity contribution in [2.45, 2.75) is 238 Å². The van der Waals surface area contributed by atoms with Crippen LogP contribution in [-0.4, -0.2) is 49.3 Å². The molecule has 0 bridgehead atoms. The molecule has 2 atom stereocenters. The van der Waals surface area contributed by atoms with Gasteiger partial charge in [0.25, 0.3) is 0 Å². The molecule has 0 saturated heterocycles. The average Bonchev–Trinajstić information content (AvgIpc) is 3.30. The molecule has 0 rings (SSSR count). The number of hydrogen-bond donors (Lipinski definition) is 2. The van der Waals surface area contributed by atoms with E-state index in [1.54, 1.807) is 0 Å². The summed E-state index contributed by atoms with van der Waals surface area (Å²) in [5, 5.41) is 0. The van der Waals surface area contributed by atoms with Crippen LogP contribution in [0.4, 0.5) is 0 Å². The average molecular weight is 932 g/mol. The Morgan fingerprint density at radius 2 is 0.846 bits per heavy atom. The number of phosphoric ester groups is 1. The molecule has 0 amide bonds. The first-order chi connectivity index (χ1) is 31.8. The van der Waals surface area contributed by atoms with E-state index in [4.69, 9.17) is 24.3 Å². The van der Waals surface area contributed by atoms with Crippen molar-refractivity contribution in [1.29, 1.82) is 0 Å². The summed E-state index contributed by atoms with van der Waals surface area (Å²) in [6, 6.07) is 0. The van der Waals surface area contributed by atoms with Crippen molar-refractivity contribution in [2.24, 2.45) is 5.73 Å². The smallest absolute Gasteiger partial charge is 0.462 e. The maximum atomic E-state index is 12.7. The second-order valence-corrected chi connectivity index (χ2v) is 18.8. The SMILES string of the molecule is CC/C=C\C/C=C\C/C=C\C/C=C\CCCCCCCCCCC(=O)OC(COC(=O)CCCCCCCCCCCCC/C=C\C/C=C\CCCCCCC)COP(=O)(O)OCCN. The predicted octanol–water partition coefficient (Wildman–Crippen LogP) is 16.2. The van der Waals surface area contributed by atoms with E-state index in [2.05, 4.69) is 86.8 Å². The number of hydrogen-bond acceptors (Lipinski definition) is 8. The lowest BCUT2D eigenvalue weighted by Crippen LogP contribution is -2.29. The second kappa shape index (κ2) is 50.9. The second-order valence-electron chi connectivity index (χ2n) is 17.4. The van der Waals surface area contributed by atoms with Crippen LogP contribution in [0.3, 0.4) is 0 Å². The number of phosphoric acid groups is 1. The van der Waals surface area contributed by atoms with Crippen molar-refractivity contribution in [3.63, 3.8) is 0 Å². The van der Waals surface area contributed by atoms with Gasteiger partial charge in [0.1, 0.15) is 6.61 Å². The van der Waals surface area contributed by atoms with E-state index in [0.29, 0.717) is 6.42 Å². The summed E-state index contributed by atoms with van der Waals surface area (Å²) in [5.41, 5.74) is 5.37. The number of nitrogens with two attached hydrogens (primary N) is 1. The molecule has 0 saturated carbocycles. The summed E-state index contributed by atoms with van der Waals surface area (Å²) < 4.78 is 33.0. The third-order valence-electron chi connectivity index (χ3n) is 11.1. The van der Waals surface area contributed by atoms with E-state index < -0.39 is 26.5 Å². The highest BCUT2D eigenvalue weighted by Gasteiger charge is 2.26. The van der Waals surface area contributed by atoms with Crippen LogP contribution in [0.1, 0.15) is 232 Å². The number of unbranched alkanes of at least 4 members (excludes halogenated alkanes) is 24. The number of carbonyl (C=O) groups is 2. The van der Waals surface area contributed by atoms with Crippen molar-refractivity contribution in [3.05, 3.63) is 72.9 Å². The van der Waals surface area contributed by atoms with Crippen molar-refractivity contribution >= 4 is 19.8 Å². The zero-order valence-corrected chi connectivity index (χ0v) is 42.6. The number of ether oxygens (including phenoxy) is 2. The van der Waals surface area contributed by atoms with Crippen molar-refractivity contribution < 1.29 is 37.6 Å². The quantitative estimate of drug-likeness (QED) is 0.0265. The van der Waals surface area contributed by atoms with E-state index in [9.17, 15) is 19.0 Å². The Bertz CT molecular complexity index is 1290. The highest BCUT2D eigenvalue weighted by Crippen LogP contribution is 2.43. The minimum Gasteiger partial charge on any atom is -0.462 e. The van der Waals surface area contributed by atoms with Gasteiger partial charge in [-0.15, -0.1) is 0 Å². The molecule has 0 aliphatic rings. The molecule has 0 fully saturated rings. The number of allylic oxidation sites excluding steroid dienone is 12. The van der Waals surface area contributed by atoms with Gasteiger partial charge in [-0.2, -0.15) is 0 Å². The first-order valence-corrected chi connectivity index (χ1v) is 27.9. The fraction of sp³-hybridized carbons (Fsp3) is 0.745. The van der Waals surface area contributed by atoms with Gasteiger partial charge in [0.15, 0.2) is 6.10 Å². The van der Waals surface area contributed by atoms with Gasteiger partial charge in [-0.05, 0) is 83.5 Å². The van der Waals surface area contributed by atoms with Crippen molar-refractivity contribution in [2.75, 3.05) is 26.4 Å². The third kappa shape index (κ3) is 50.7. The van der Waals surface area contributed by atoms with Crippen LogP contribution in [0.25, 0.3) is 0 Å². The van der Waals surface area contributed by atoms with Gasteiger partial charge in [0, 0.05) is 19.4 Å². The summed E-state index contributed by atoms with van der Waals surface area (Å²) in [7, 11) is -4.39. The third-order valence-corrected chi connectivity index (χ3v) is 12.1. The van der Waals surface area contributed by atoms with Gasteiger partial charge in [-0.3, -0.25) is 18.6 Å². The molecule has 0 aromatic rings. The van der Waals surface area contributed by atoms with Gasteiger partial charge in [-0.25, -0.2) is 4.57 Å². The summed E-state index contributed by atoms with van der Waals surface area (Å²) in [4.78, 5) is 35.1. The van der Waals surface area contributed by atoms with Crippen LogP contribution < -0.4 is 5.73 Å². The lowest BCUT2D eigenvalue weighted by Gasteiger charge is -2.19. The summed E-state index contributed by atoms with van der Waals surface area (Å²) in [5.74, 6) is -0.838. The largest absolute Gasteiger partial charge is 0.472 e. The van der Waals surface area contributed by atoms with E-state index in [0.717, 1.165) is 77.0 Å². The number of esters is 2. The molecule has 0 spiro atoms. The van der Waals surface area contributed by atoms with E-state index >= 15 is 0 Å². The zero-order chi connectivity index (χ0) is 47.4. The molecule has 3 N–H and O–H groups in total. The molecule has 0 aliphatic heterocycles. The Balaban J connectivity index is 4.05. The van der Waals surface area contributed by atoms with Crippen LogP contribution >= 0.6 is 7.82 Å². The number of rotatable bonds is 49. The summed E-state index contributed by atoms with van der Waals surface area (Å²) in [6.07, 6.45) is 63.6. The normalized spacial score (nSPS) is 13.7. The highest BCUT2D eigenvalue weighted by atomic mass is 31.2. The lowest BCUT2D eigenvalue weighted by atomic mass is 10.0. The molecule has 0 aromatic heterocycles. The zero-order valence-electron chi connectivity index (χ0n) is 41.7. The van der Waals surface area contributed by atoms with Crippen LogP contribution in [0, 0.1) is 0 Å². The topological polar surface area (TPSA) is 134 Å². The maximum absolute atomic E-state index is 12.7. The molecule has 2 unspecified atom stereocenters. The van der Waals surface area contributed by atoms with Gasteiger partial charge in [0.2, 0.25) is 0 Å². The summed E-state index contributed by atoms with van der Waals surface area (Å²) >= 11 is 0. The minimum atomic E-state index is -4.39. The van der Waals surface area contributed by atoms with Gasteiger partial charge < -0.3 is 20.1 Å². The Morgan fingerprint density at radius 1 is 0.477 bits per heavy atom. The Morgan fingerprint density at radius 3 is 1.26 bits per heavy atom. The first-order valence-electron chi connectivity index (χ1n) is 26.4. The molecule has 0 heterocycles. The Labute approximate surface area is 399 Å². The van der Waals surface area contributed by atoms with E-state index in [1.165, 1.54) is 122 Å². The lowest BCUT2D eigenvalue weighted by molar-refractivity contribution is -0.161. The predicted molar refractivity (Wildman–Crippen MR) is 275 cm³/mol. The van der Waals surface area contributed by atoms with E-state index in [-0.39, 0.29) is 38.6 Å². The van der Waals surface area contributed by atoms with Crippen LogP contribution in [-0.2, 0) is 32.7 Å². The fourth-order valence-corrected chi connectivity index (χ4v) is 7.95. The molecule has 65 heavy (non-hydrogen) atoms. The van der Waals surface area contributed by atoms with Gasteiger partial charge in [-0.1, -0.05) is 209 Å². The molecule has 0 aromatic carbocycles. The Hall–Kier alpha value is -2.55. The van der Waals surface area contributed by atoms with E-state index in [1.807, 2.05) is 0 Å². The molecule has 10 heteroatoms. The molecule has 9 nitrogen and oxygen atoms in total. The monoisotopic (exact) mass is 932 g/mol. The van der Waals surface area contributed by atoms with Crippen LogP contribution in [0.5, 0.6) is 0 Å². The molecule has 0 radical (unpaired) electrons. The number of carbonyl (C=O) groups excluding carboxylic acids is 2. The highest BCUT2D eigenvalue weighted by molar-refractivity contribution is 7.47. The van der Waals surface area contributed by atoms with Crippen LogP contribution in [0.2, 0.25) is 0 Å².